The Labute approximate surface area is 118 Å². The largest absolute Gasteiger partial charge is 0.365 e. The maximum atomic E-state index is 12.8. The van der Waals surface area contributed by atoms with E-state index >= 15 is 0 Å². The Morgan fingerprint density at radius 2 is 1.90 bits per heavy atom. The number of nitrogens with zero attached hydrogens (tertiary/aromatic N) is 2. The van der Waals surface area contributed by atoms with Crippen LogP contribution in [0.5, 0.6) is 0 Å². The standard InChI is InChI=1S/C16H16FN3/c1-11(2)15-8-5-13(9-18)16(20-15)19-10-12-3-6-14(17)7-4-12/h3-8,11H,10H2,1-2H3,(H,19,20). The molecule has 0 radical (unpaired) electrons. The number of nitrogens with one attached hydrogen (secondary N) is 1. The predicted octanol–water partition coefficient (Wildman–Crippen LogP) is 3.83. The normalized spacial score (nSPS) is 10.3. The molecule has 0 unspecified atom stereocenters. The van der Waals surface area contributed by atoms with Crippen LogP contribution in [0.25, 0.3) is 0 Å². The highest BCUT2D eigenvalue weighted by atomic mass is 19.1. The number of hydrogen-bond acceptors (Lipinski definition) is 3. The van der Waals surface area contributed by atoms with Crippen molar-refractivity contribution in [2.24, 2.45) is 0 Å². The van der Waals surface area contributed by atoms with Crippen molar-refractivity contribution in [2.45, 2.75) is 26.3 Å². The Kier molecular flexibility index (Phi) is 4.31. The molecule has 1 N–H and O–H groups in total. The van der Waals surface area contributed by atoms with Crippen LogP contribution in [0.3, 0.4) is 0 Å². The Balaban J connectivity index is 2.17. The first kappa shape index (κ1) is 14.0. The van der Waals surface area contributed by atoms with Gasteiger partial charge in [0.05, 0.1) is 5.56 Å². The molecule has 2 aromatic rings. The van der Waals surface area contributed by atoms with E-state index in [4.69, 9.17) is 5.26 Å². The molecule has 20 heavy (non-hydrogen) atoms. The van der Waals surface area contributed by atoms with Crippen LogP contribution in [-0.4, -0.2) is 4.98 Å². The third-order valence-corrected chi connectivity index (χ3v) is 3.00. The molecule has 0 aliphatic rings. The molecule has 4 heteroatoms. The van der Waals surface area contributed by atoms with Gasteiger partial charge >= 0.3 is 0 Å². The SMILES string of the molecule is CC(C)c1ccc(C#N)c(NCc2ccc(F)cc2)n1. The van der Waals surface area contributed by atoms with E-state index in [9.17, 15) is 4.39 Å². The van der Waals surface area contributed by atoms with Gasteiger partial charge in [-0.25, -0.2) is 9.37 Å². The lowest BCUT2D eigenvalue weighted by Crippen LogP contribution is -2.06. The minimum Gasteiger partial charge on any atom is -0.365 e. The van der Waals surface area contributed by atoms with E-state index in [2.05, 4.69) is 30.2 Å². The summed E-state index contributed by atoms with van der Waals surface area (Å²) in [6.07, 6.45) is 0. The molecule has 0 spiro atoms. The average Bonchev–Trinajstić information content (AvgIpc) is 2.46. The number of halogens is 1. The summed E-state index contributed by atoms with van der Waals surface area (Å²) in [6.45, 7) is 4.61. The minimum atomic E-state index is -0.258. The highest BCUT2D eigenvalue weighted by Gasteiger charge is 2.07. The van der Waals surface area contributed by atoms with E-state index < -0.39 is 0 Å². The van der Waals surface area contributed by atoms with Crippen LogP contribution in [0, 0.1) is 17.1 Å². The first-order valence-electron chi connectivity index (χ1n) is 6.49. The zero-order valence-corrected chi connectivity index (χ0v) is 11.5. The lowest BCUT2D eigenvalue weighted by molar-refractivity contribution is 0.627. The van der Waals surface area contributed by atoms with Crippen molar-refractivity contribution in [3.8, 4) is 6.07 Å². The first-order chi connectivity index (χ1) is 9.60. The molecule has 0 fully saturated rings. The maximum absolute atomic E-state index is 12.8. The van der Waals surface area contributed by atoms with Crippen LogP contribution >= 0.6 is 0 Å². The van der Waals surface area contributed by atoms with Gasteiger partial charge in [0.15, 0.2) is 0 Å². The molecule has 0 amide bonds. The summed E-state index contributed by atoms with van der Waals surface area (Å²) in [5.41, 5.74) is 2.38. The van der Waals surface area contributed by atoms with Crippen LogP contribution in [-0.2, 0) is 6.54 Å². The van der Waals surface area contributed by atoms with Crippen molar-refractivity contribution < 1.29 is 4.39 Å². The van der Waals surface area contributed by atoms with E-state index in [0.29, 0.717) is 23.8 Å². The van der Waals surface area contributed by atoms with E-state index in [-0.39, 0.29) is 5.82 Å². The molecular formula is C16H16FN3. The van der Waals surface area contributed by atoms with E-state index in [1.807, 2.05) is 6.07 Å². The Hall–Kier alpha value is -2.41. The number of aromatic nitrogens is 1. The van der Waals surface area contributed by atoms with Gasteiger partial charge in [-0.2, -0.15) is 5.26 Å². The Morgan fingerprint density at radius 1 is 1.20 bits per heavy atom. The molecule has 1 aromatic heterocycles. The van der Waals surface area contributed by atoms with Gasteiger partial charge in [0.1, 0.15) is 17.7 Å². The third-order valence-electron chi connectivity index (χ3n) is 3.00. The van der Waals surface area contributed by atoms with Crippen molar-refractivity contribution in [1.29, 1.82) is 5.26 Å². The zero-order valence-electron chi connectivity index (χ0n) is 11.5. The summed E-state index contributed by atoms with van der Waals surface area (Å²) in [6, 6.07) is 12.0. The number of benzene rings is 1. The monoisotopic (exact) mass is 269 g/mol. The molecule has 2 rings (SSSR count). The molecule has 0 aliphatic heterocycles. The highest BCUT2D eigenvalue weighted by Crippen LogP contribution is 2.18. The lowest BCUT2D eigenvalue weighted by atomic mass is 10.1. The lowest BCUT2D eigenvalue weighted by Gasteiger charge is -2.11. The molecule has 0 bridgehead atoms. The van der Waals surface area contributed by atoms with Gasteiger partial charge in [0.25, 0.3) is 0 Å². The number of hydrogen-bond donors (Lipinski definition) is 1. The summed E-state index contributed by atoms with van der Waals surface area (Å²) in [7, 11) is 0. The topological polar surface area (TPSA) is 48.7 Å². The first-order valence-corrected chi connectivity index (χ1v) is 6.49. The fourth-order valence-corrected chi connectivity index (χ4v) is 1.81. The van der Waals surface area contributed by atoms with E-state index in [1.165, 1.54) is 12.1 Å². The van der Waals surface area contributed by atoms with Gasteiger partial charge in [-0.05, 0) is 35.7 Å². The van der Waals surface area contributed by atoms with Crippen molar-refractivity contribution in [3.63, 3.8) is 0 Å². The van der Waals surface area contributed by atoms with Gasteiger partial charge in [-0.1, -0.05) is 26.0 Å². The molecule has 102 valence electrons. The highest BCUT2D eigenvalue weighted by molar-refractivity contribution is 5.52. The fourth-order valence-electron chi connectivity index (χ4n) is 1.81. The molecule has 1 heterocycles. The minimum absolute atomic E-state index is 0.258. The third kappa shape index (κ3) is 3.33. The van der Waals surface area contributed by atoms with Crippen molar-refractivity contribution >= 4 is 5.82 Å². The van der Waals surface area contributed by atoms with Crippen molar-refractivity contribution in [2.75, 3.05) is 5.32 Å². The van der Waals surface area contributed by atoms with Crippen LogP contribution in [0.15, 0.2) is 36.4 Å². The fraction of sp³-hybridized carbons (Fsp3) is 0.250. The van der Waals surface area contributed by atoms with Crippen LogP contribution in [0.4, 0.5) is 10.2 Å². The van der Waals surface area contributed by atoms with Crippen LogP contribution in [0.2, 0.25) is 0 Å². The molecule has 0 saturated carbocycles. The van der Waals surface area contributed by atoms with E-state index in [0.717, 1.165) is 11.3 Å². The molecule has 0 saturated heterocycles. The van der Waals surface area contributed by atoms with Gasteiger partial charge in [0, 0.05) is 12.2 Å². The average molecular weight is 269 g/mol. The maximum Gasteiger partial charge on any atom is 0.144 e. The zero-order chi connectivity index (χ0) is 14.5. The number of nitriles is 1. The summed E-state index contributed by atoms with van der Waals surface area (Å²) in [5.74, 6) is 0.614. The smallest absolute Gasteiger partial charge is 0.144 e. The van der Waals surface area contributed by atoms with Gasteiger partial charge in [-0.15, -0.1) is 0 Å². The quantitative estimate of drug-likeness (QED) is 0.917. The van der Waals surface area contributed by atoms with E-state index in [1.54, 1.807) is 18.2 Å². The Morgan fingerprint density at radius 3 is 2.50 bits per heavy atom. The second-order valence-electron chi connectivity index (χ2n) is 4.88. The number of pyridine rings is 1. The molecule has 1 aromatic carbocycles. The van der Waals surface area contributed by atoms with Crippen LogP contribution < -0.4 is 5.32 Å². The Bertz CT molecular complexity index is 627. The molecule has 0 atom stereocenters. The molecule has 0 aliphatic carbocycles. The summed E-state index contributed by atoms with van der Waals surface area (Å²) in [5, 5.41) is 12.2. The number of rotatable bonds is 4. The van der Waals surface area contributed by atoms with Crippen LogP contribution in [0.1, 0.15) is 36.6 Å². The summed E-state index contributed by atoms with van der Waals surface area (Å²) in [4.78, 5) is 4.47. The van der Waals surface area contributed by atoms with Gasteiger partial charge in [-0.3, -0.25) is 0 Å². The second kappa shape index (κ2) is 6.16. The van der Waals surface area contributed by atoms with Crippen molar-refractivity contribution in [3.05, 3.63) is 59.0 Å². The molecular weight excluding hydrogens is 253 g/mol. The predicted molar refractivity (Wildman–Crippen MR) is 76.8 cm³/mol. The number of anilines is 1. The van der Waals surface area contributed by atoms with Gasteiger partial charge < -0.3 is 5.32 Å². The summed E-state index contributed by atoms with van der Waals surface area (Å²) >= 11 is 0. The summed E-state index contributed by atoms with van der Waals surface area (Å²) < 4.78 is 12.8. The molecule has 3 nitrogen and oxygen atoms in total. The van der Waals surface area contributed by atoms with Gasteiger partial charge in [0.2, 0.25) is 0 Å². The van der Waals surface area contributed by atoms with Crippen molar-refractivity contribution in [1.82, 2.24) is 4.98 Å². The second-order valence-corrected chi connectivity index (χ2v) is 4.88.